The Morgan fingerprint density at radius 2 is 1.91 bits per heavy atom. The number of amides is 3. The van der Waals surface area contributed by atoms with Crippen LogP contribution in [0.4, 0.5) is 5.69 Å². The average Bonchev–Trinajstić information content (AvgIpc) is 3.38. The normalized spacial score (nSPS) is 31.7. The number of likely N-dealkylation sites (tertiary alicyclic amines) is 1. The summed E-state index contributed by atoms with van der Waals surface area (Å²) in [6.45, 7) is 4.46. The number of hydrogen-bond acceptors (Lipinski definition) is 5. The molecule has 3 aliphatic rings. The van der Waals surface area contributed by atoms with Crippen LogP contribution in [0.25, 0.3) is 10.8 Å². The Bertz CT molecular complexity index is 1160. The maximum Gasteiger partial charge on any atom is 0.248 e. The molecule has 1 spiro atoms. The van der Waals surface area contributed by atoms with Gasteiger partial charge in [0.15, 0.2) is 0 Å². The molecule has 0 saturated carbocycles. The third kappa shape index (κ3) is 3.41. The van der Waals surface area contributed by atoms with Crippen LogP contribution in [0.15, 0.2) is 42.5 Å². The first-order chi connectivity index (χ1) is 16.3. The topological polar surface area (TPSA) is 98.7 Å². The molecular weight excluding hydrogens is 450 g/mol. The van der Waals surface area contributed by atoms with Crippen molar-refractivity contribution in [1.82, 2.24) is 10.2 Å². The number of β-amino-alcohol motifs (C(OH)–C–C–N with tert-alkyl or cyclic N) is 1. The van der Waals surface area contributed by atoms with Gasteiger partial charge in [-0.15, -0.1) is 11.8 Å². The van der Waals surface area contributed by atoms with Crippen molar-refractivity contribution in [2.75, 3.05) is 25.0 Å². The fraction of sp³-hybridized carbons (Fsp3) is 0.500. The zero-order valence-corrected chi connectivity index (χ0v) is 20.4. The van der Waals surface area contributed by atoms with Crippen molar-refractivity contribution in [2.24, 2.45) is 11.8 Å². The lowest BCUT2D eigenvalue weighted by molar-refractivity contribution is -0.140. The summed E-state index contributed by atoms with van der Waals surface area (Å²) in [6.07, 6.45) is 2.29. The minimum atomic E-state index is -0.737. The number of benzene rings is 2. The number of thioether (sulfide) groups is 1. The predicted molar refractivity (Wildman–Crippen MR) is 133 cm³/mol. The van der Waals surface area contributed by atoms with Crippen LogP contribution in [0.5, 0.6) is 0 Å². The van der Waals surface area contributed by atoms with Gasteiger partial charge in [-0.3, -0.25) is 14.4 Å². The Kier molecular flexibility index (Phi) is 5.84. The van der Waals surface area contributed by atoms with Crippen LogP contribution in [0.3, 0.4) is 0 Å². The largest absolute Gasteiger partial charge is 0.395 e. The molecule has 5 rings (SSSR count). The number of hydrogen-bond donors (Lipinski definition) is 3. The number of fused-ring (bicyclic) bond motifs is 2. The number of rotatable bonds is 7. The Balaban J connectivity index is 1.49. The second-order valence-electron chi connectivity index (χ2n) is 9.83. The Hall–Kier alpha value is -2.58. The molecule has 180 valence electrons. The van der Waals surface area contributed by atoms with Crippen LogP contribution in [0, 0.1) is 11.8 Å². The van der Waals surface area contributed by atoms with Crippen LogP contribution in [-0.2, 0) is 14.4 Å². The van der Waals surface area contributed by atoms with Crippen molar-refractivity contribution in [3.63, 3.8) is 0 Å². The highest BCUT2D eigenvalue weighted by Gasteiger charge is 2.76. The molecule has 3 amide bonds. The molecule has 3 aliphatic heterocycles. The lowest BCUT2D eigenvalue weighted by Crippen LogP contribution is -2.52. The van der Waals surface area contributed by atoms with E-state index < -0.39 is 22.6 Å². The van der Waals surface area contributed by atoms with Crippen molar-refractivity contribution >= 4 is 45.9 Å². The molecule has 2 aromatic rings. The maximum absolute atomic E-state index is 13.8. The van der Waals surface area contributed by atoms with Crippen LogP contribution in [-0.4, -0.2) is 63.0 Å². The van der Waals surface area contributed by atoms with Gasteiger partial charge in [0.05, 0.1) is 23.2 Å². The molecule has 5 atom stereocenters. The number of nitrogens with one attached hydrogen (secondary N) is 2. The standard InChI is InChI=1S/C26H31N3O4S/c1-3-12-27-22(31)19-20-24(33)29(13-14-30)21(26(20)11-10-25(19,2)34-26)23(32)28-18-9-8-16-6-4-5-7-17(16)15-18/h4-9,15,19-21,30H,3,10-14H2,1-2H3,(H,27,31)(H,28,32)/t19-,20-,21?,25+,26?/m0/s1. The summed E-state index contributed by atoms with van der Waals surface area (Å²) in [6, 6.07) is 12.9. The van der Waals surface area contributed by atoms with Gasteiger partial charge in [0.2, 0.25) is 17.7 Å². The summed E-state index contributed by atoms with van der Waals surface area (Å²) >= 11 is 1.64. The van der Waals surface area contributed by atoms with Gasteiger partial charge in [-0.2, -0.15) is 0 Å². The third-order valence-electron chi connectivity index (χ3n) is 7.71. The molecule has 3 saturated heterocycles. The lowest BCUT2D eigenvalue weighted by atomic mass is 9.66. The predicted octanol–water partition coefficient (Wildman–Crippen LogP) is 2.78. The average molecular weight is 482 g/mol. The van der Waals surface area contributed by atoms with E-state index in [2.05, 4.69) is 17.6 Å². The van der Waals surface area contributed by atoms with Crippen LogP contribution in [0.2, 0.25) is 0 Å². The first-order valence-electron chi connectivity index (χ1n) is 12.0. The molecule has 34 heavy (non-hydrogen) atoms. The van der Waals surface area contributed by atoms with Crippen molar-refractivity contribution in [3.8, 4) is 0 Å². The van der Waals surface area contributed by atoms with E-state index in [0.717, 1.165) is 23.6 Å². The fourth-order valence-electron chi connectivity index (χ4n) is 6.31. The third-order valence-corrected chi connectivity index (χ3v) is 9.70. The van der Waals surface area contributed by atoms with Gasteiger partial charge in [-0.1, -0.05) is 37.3 Å². The molecule has 7 nitrogen and oxygen atoms in total. The second-order valence-corrected chi connectivity index (χ2v) is 11.7. The van der Waals surface area contributed by atoms with Gasteiger partial charge in [-0.05, 0) is 49.1 Å². The van der Waals surface area contributed by atoms with Gasteiger partial charge < -0.3 is 20.6 Å². The quantitative estimate of drug-likeness (QED) is 0.565. The van der Waals surface area contributed by atoms with E-state index in [1.807, 2.05) is 49.4 Å². The summed E-state index contributed by atoms with van der Waals surface area (Å²) < 4.78 is -1.05. The lowest BCUT2D eigenvalue weighted by Gasteiger charge is -2.34. The molecule has 2 unspecified atom stereocenters. The van der Waals surface area contributed by atoms with Gasteiger partial charge in [0, 0.05) is 23.5 Å². The summed E-state index contributed by atoms with van der Waals surface area (Å²) in [5.74, 6) is -1.60. The SMILES string of the molecule is CCCNC(=O)[C@@H]1[C@H]2C(=O)N(CCO)C(C(=O)Nc3ccc4ccccc4c3)C23CC[C@@]1(C)S3. The van der Waals surface area contributed by atoms with Gasteiger partial charge in [-0.25, -0.2) is 0 Å². The van der Waals surface area contributed by atoms with Crippen molar-refractivity contribution in [3.05, 3.63) is 42.5 Å². The highest BCUT2D eigenvalue weighted by Crippen LogP contribution is 2.71. The fourth-order valence-corrected chi connectivity index (χ4v) is 8.67. The van der Waals surface area contributed by atoms with Crippen LogP contribution < -0.4 is 10.6 Å². The molecule has 3 heterocycles. The van der Waals surface area contributed by atoms with E-state index >= 15 is 0 Å². The first kappa shape index (κ1) is 23.2. The maximum atomic E-state index is 13.8. The minimum absolute atomic E-state index is 0.0768. The number of carbonyl (C=O) groups is 3. The monoisotopic (exact) mass is 481 g/mol. The number of carbonyl (C=O) groups excluding carboxylic acids is 3. The van der Waals surface area contributed by atoms with Crippen molar-refractivity contribution < 1.29 is 19.5 Å². The van der Waals surface area contributed by atoms with Crippen LogP contribution >= 0.6 is 11.8 Å². The van der Waals surface area contributed by atoms with E-state index in [1.165, 1.54) is 4.90 Å². The minimum Gasteiger partial charge on any atom is -0.395 e. The van der Waals surface area contributed by atoms with E-state index in [9.17, 15) is 19.5 Å². The number of aliphatic hydroxyl groups is 1. The van der Waals surface area contributed by atoms with Crippen molar-refractivity contribution in [2.45, 2.75) is 48.6 Å². The van der Waals surface area contributed by atoms with Gasteiger partial charge in [0.1, 0.15) is 6.04 Å². The van der Waals surface area contributed by atoms with E-state index in [0.29, 0.717) is 18.7 Å². The van der Waals surface area contributed by atoms with E-state index in [4.69, 9.17) is 0 Å². The summed E-state index contributed by atoms with van der Waals surface area (Å²) in [7, 11) is 0. The number of aliphatic hydroxyl groups excluding tert-OH is 1. The molecular formula is C26H31N3O4S. The summed E-state index contributed by atoms with van der Waals surface area (Å²) in [4.78, 5) is 42.1. The van der Waals surface area contributed by atoms with E-state index in [1.54, 1.807) is 11.8 Å². The molecule has 0 aliphatic carbocycles. The molecule has 0 radical (unpaired) electrons. The molecule has 0 aromatic heterocycles. The zero-order chi connectivity index (χ0) is 24.1. The summed E-state index contributed by atoms with van der Waals surface area (Å²) in [5.41, 5.74) is 0.668. The molecule has 3 fully saturated rings. The number of anilines is 1. The second kappa shape index (κ2) is 8.57. The smallest absolute Gasteiger partial charge is 0.248 e. The Morgan fingerprint density at radius 3 is 2.65 bits per heavy atom. The molecule has 2 aromatic carbocycles. The number of nitrogens with zero attached hydrogens (tertiary/aromatic N) is 1. The first-order valence-corrected chi connectivity index (χ1v) is 12.8. The highest BCUT2D eigenvalue weighted by atomic mass is 32.2. The van der Waals surface area contributed by atoms with E-state index in [-0.39, 0.29) is 35.6 Å². The highest BCUT2D eigenvalue weighted by molar-refractivity contribution is 8.02. The Labute approximate surface area is 203 Å². The molecule has 3 N–H and O–H groups in total. The molecule has 2 bridgehead atoms. The Morgan fingerprint density at radius 1 is 1.15 bits per heavy atom. The zero-order valence-electron chi connectivity index (χ0n) is 19.5. The van der Waals surface area contributed by atoms with Gasteiger partial charge in [0.25, 0.3) is 0 Å². The molecule has 8 heteroatoms. The van der Waals surface area contributed by atoms with Crippen LogP contribution in [0.1, 0.15) is 33.1 Å². The van der Waals surface area contributed by atoms with Gasteiger partial charge >= 0.3 is 0 Å². The summed E-state index contributed by atoms with van der Waals surface area (Å²) in [5, 5.41) is 17.8. The van der Waals surface area contributed by atoms with Crippen molar-refractivity contribution in [1.29, 1.82) is 0 Å².